The number of hydrogen-bond donors (Lipinski definition) is 1. The summed E-state index contributed by atoms with van der Waals surface area (Å²) in [6.07, 6.45) is 0. The lowest BCUT2D eigenvalue weighted by Crippen LogP contribution is -2.04. The molecule has 5 heteroatoms. The predicted octanol–water partition coefficient (Wildman–Crippen LogP) is 3.71. The highest BCUT2D eigenvalue weighted by Gasteiger charge is 2.07. The highest BCUT2D eigenvalue weighted by atomic mass is 35.5. The number of nitrogens with zero attached hydrogens (tertiary/aromatic N) is 1. The van der Waals surface area contributed by atoms with E-state index in [1.807, 2.05) is 39.1 Å². The summed E-state index contributed by atoms with van der Waals surface area (Å²) in [4.78, 5) is 5.77. The van der Waals surface area contributed by atoms with Crippen LogP contribution in [0, 0.1) is 13.8 Å². The maximum Gasteiger partial charge on any atom is 0.140 e. The maximum absolute atomic E-state index is 5.98. The molecule has 2 rings (SSSR count). The van der Waals surface area contributed by atoms with Crippen molar-refractivity contribution < 1.29 is 4.74 Å². The van der Waals surface area contributed by atoms with Crippen LogP contribution in [-0.4, -0.2) is 12.0 Å². The molecule has 0 atom stereocenters. The van der Waals surface area contributed by atoms with Gasteiger partial charge in [-0.05, 0) is 44.7 Å². The van der Waals surface area contributed by atoms with Crippen molar-refractivity contribution in [1.29, 1.82) is 0 Å². The van der Waals surface area contributed by atoms with Crippen LogP contribution in [0.15, 0.2) is 18.2 Å². The Balaban J connectivity index is 2.01. The van der Waals surface area contributed by atoms with Gasteiger partial charge in [-0.15, -0.1) is 11.3 Å². The second-order valence-corrected chi connectivity index (χ2v) is 5.92. The molecule has 0 amide bonds. The van der Waals surface area contributed by atoms with Gasteiger partial charge in [-0.2, -0.15) is 0 Å². The van der Waals surface area contributed by atoms with Crippen LogP contribution in [0.25, 0.3) is 0 Å². The van der Waals surface area contributed by atoms with Crippen LogP contribution in [-0.2, 0) is 13.2 Å². The lowest BCUT2D eigenvalue weighted by atomic mass is 10.2. The normalized spacial score (nSPS) is 10.7. The van der Waals surface area contributed by atoms with E-state index in [0.717, 1.165) is 33.6 Å². The van der Waals surface area contributed by atoms with Gasteiger partial charge in [0, 0.05) is 16.4 Å². The molecule has 1 heterocycles. The lowest BCUT2D eigenvalue weighted by molar-refractivity contribution is 0.305. The van der Waals surface area contributed by atoms with Crippen LogP contribution in [0.3, 0.4) is 0 Å². The first kappa shape index (κ1) is 14.3. The number of nitrogens with one attached hydrogen (secondary N) is 1. The minimum absolute atomic E-state index is 0.496. The molecule has 0 spiro atoms. The van der Waals surface area contributed by atoms with Crippen molar-refractivity contribution in [3.8, 4) is 5.75 Å². The van der Waals surface area contributed by atoms with Crippen LogP contribution in [0.5, 0.6) is 5.75 Å². The van der Waals surface area contributed by atoms with E-state index in [-0.39, 0.29) is 0 Å². The Labute approximate surface area is 122 Å². The Morgan fingerprint density at radius 1 is 1.37 bits per heavy atom. The zero-order valence-electron chi connectivity index (χ0n) is 11.3. The average Bonchev–Trinajstić information content (AvgIpc) is 2.72. The van der Waals surface area contributed by atoms with Crippen molar-refractivity contribution in [2.75, 3.05) is 7.05 Å². The minimum atomic E-state index is 0.496. The number of rotatable bonds is 5. The standard InChI is InChI=1S/C14H17ClN2OS/c1-9-6-11(4-5-12(9)15)18-8-14-17-10(2)13(19-14)7-16-3/h4-6,16H,7-8H2,1-3H3. The molecule has 0 bridgehead atoms. The summed E-state index contributed by atoms with van der Waals surface area (Å²) < 4.78 is 5.74. The Kier molecular flexibility index (Phi) is 4.80. The minimum Gasteiger partial charge on any atom is -0.486 e. The third-order valence-electron chi connectivity index (χ3n) is 2.77. The molecule has 0 fully saturated rings. The van der Waals surface area contributed by atoms with E-state index in [2.05, 4.69) is 10.3 Å². The van der Waals surface area contributed by atoms with Crippen LogP contribution in [0.1, 0.15) is 21.1 Å². The summed E-state index contributed by atoms with van der Waals surface area (Å²) in [6, 6.07) is 5.67. The molecule has 0 aliphatic heterocycles. The number of benzene rings is 1. The second-order valence-electron chi connectivity index (χ2n) is 4.35. The number of hydrogen-bond acceptors (Lipinski definition) is 4. The summed E-state index contributed by atoms with van der Waals surface area (Å²) in [7, 11) is 1.94. The second kappa shape index (κ2) is 6.37. The van der Waals surface area contributed by atoms with Crippen molar-refractivity contribution in [1.82, 2.24) is 10.3 Å². The van der Waals surface area contributed by atoms with Gasteiger partial charge in [-0.3, -0.25) is 0 Å². The zero-order valence-corrected chi connectivity index (χ0v) is 12.9. The monoisotopic (exact) mass is 296 g/mol. The SMILES string of the molecule is CNCc1sc(COc2ccc(Cl)c(C)c2)nc1C. The first-order chi connectivity index (χ1) is 9.10. The third kappa shape index (κ3) is 3.69. The Hall–Kier alpha value is -1.10. The number of halogens is 1. The van der Waals surface area contributed by atoms with Crippen molar-refractivity contribution in [3.63, 3.8) is 0 Å². The highest BCUT2D eigenvalue weighted by molar-refractivity contribution is 7.11. The molecule has 0 unspecified atom stereocenters. The first-order valence-corrected chi connectivity index (χ1v) is 7.28. The molecule has 0 saturated heterocycles. The van der Waals surface area contributed by atoms with E-state index in [1.54, 1.807) is 11.3 Å². The van der Waals surface area contributed by atoms with E-state index >= 15 is 0 Å². The number of ether oxygens (including phenoxy) is 1. The van der Waals surface area contributed by atoms with Gasteiger partial charge in [0.25, 0.3) is 0 Å². The Morgan fingerprint density at radius 3 is 2.84 bits per heavy atom. The quantitative estimate of drug-likeness (QED) is 0.913. The Bertz CT molecular complexity index is 569. The van der Waals surface area contributed by atoms with Crippen molar-refractivity contribution in [3.05, 3.63) is 44.4 Å². The van der Waals surface area contributed by atoms with Crippen LogP contribution >= 0.6 is 22.9 Å². The third-order valence-corrected chi connectivity index (χ3v) is 4.32. The van der Waals surface area contributed by atoms with E-state index in [9.17, 15) is 0 Å². The largest absolute Gasteiger partial charge is 0.486 e. The maximum atomic E-state index is 5.98. The summed E-state index contributed by atoms with van der Waals surface area (Å²) in [6.45, 7) is 5.34. The summed E-state index contributed by atoms with van der Waals surface area (Å²) >= 11 is 7.67. The molecule has 0 radical (unpaired) electrons. The van der Waals surface area contributed by atoms with Gasteiger partial charge < -0.3 is 10.1 Å². The fourth-order valence-electron chi connectivity index (χ4n) is 1.73. The smallest absolute Gasteiger partial charge is 0.140 e. The number of aryl methyl sites for hydroxylation is 2. The Morgan fingerprint density at radius 2 is 2.16 bits per heavy atom. The molecule has 0 aliphatic rings. The summed E-state index contributed by atoms with van der Waals surface area (Å²) in [5, 5.41) is 4.89. The van der Waals surface area contributed by atoms with Gasteiger partial charge in [0.15, 0.2) is 0 Å². The first-order valence-electron chi connectivity index (χ1n) is 6.09. The van der Waals surface area contributed by atoms with Gasteiger partial charge in [-0.1, -0.05) is 11.6 Å². The summed E-state index contributed by atoms with van der Waals surface area (Å²) in [5.74, 6) is 0.824. The number of thiazole rings is 1. The molecule has 1 aromatic carbocycles. The molecule has 0 saturated carbocycles. The van der Waals surface area contributed by atoms with Gasteiger partial charge in [0.1, 0.15) is 17.4 Å². The lowest BCUT2D eigenvalue weighted by Gasteiger charge is -2.05. The predicted molar refractivity (Wildman–Crippen MR) is 80.1 cm³/mol. The molecule has 1 aromatic heterocycles. The molecule has 1 N–H and O–H groups in total. The molecule has 0 aliphatic carbocycles. The van der Waals surface area contributed by atoms with E-state index < -0.39 is 0 Å². The zero-order chi connectivity index (χ0) is 13.8. The van der Waals surface area contributed by atoms with Gasteiger partial charge in [0.05, 0.1) is 5.69 Å². The van der Waals surface area contributed by atoms with E-state index in [1.165, 1.54) is 4.88 Å². The van der Waals surface area contributed by atoms with Crippen molar-refractivity contribution >= 4 is 22.9 Å². The topological polar surface area (TPSA) is 34.1 Å². The van der Waals surface area contributed by atoms with Gasteiger partial charge in [-0.25, -0.2) is 4.98 Å². The molecular weight excluding hydrogens is 280 g/mol. The highest BCUT2D eigenvalue weighted by Crippen LogP contribution is 2.23. The molecule has 102 valence electrons. The van der Waals surface area contributed by atoms with Gasteiger partial charge >= 0.3 is 0 Å². The molecule has 2 aromatic rings. The van der Waals surface area contributed by atoms with Gasteiger partial charge in [0.2, 0.25) is 0 Å². The van der Waals surface area contributed by atoms with Crippen LogP contribution < -0.4 is 10.1 Å². The average molecular weight is 297 g/mol. The molecular formula is C14H17ClN2OS. The van der Waals surface area contributed by atoms with E-state index in [0.29, 0.717) is 6.61 Å². The fraction of sp³-hybridized carbons (Fsp3) is 0.357. The fourth-order valence-corrected chi connectivity index (χ4v) is 2.84. The van der Waals surface area contributed by atoms with Crippen molar-refractivity contribution in [2.24, 2.45) is 0 Å². The number of aromatic nitrogens is 1. The van der Waals surface area contributed by atoms with E-state index in [4.69, 9.17) is 16.3 Å². The van der Waals surface area contributed by atoms with Crippen LogP contribution in [0.4, 0.5) is 0 Å². The summed E-state index contributed by atoms with van der Waals surface area (Å²) in [5.41, 5.74) is 2.09. The van der Waals surface area contributed by atoms with Crippen molar-refractivity contribution in [2.45, 2.75) is 27.0 Å². The van der Waals surface area contributed by atoms with Crippen LogP contribution in [0.2, 0.25) is 5.02 Å². The molecule has 19 heavy (non-hydrogen) atoms. The molecule has 3 nitrogen and oxygen atoms in total.